The summed E-state index contributed by atoms with van der Waals surface area (Å²) in [5.41, 5.74) is 4.24. The first kappa shape index (κ1) is 11.0. The first-order valence-electron chi connectivity index (χ1n) is 5.01. The molecule has 0 spiro atoms. The van der Waals surface area contributed by atoms with Crippen LogP contribution in [0.15, 0.2) is 23.8 Å². The topological polar surface area (TPSA) is 42.9 Å². The Labute approximate surface area is 98.2 Å². The minimum atomic E-state index is 0.123. The van der Waals surface area contributed by atoms with Crippen LogP contribution in [0, 0.1) is 13.8 Å². The van der Waals surface area contributed by atoms with Crippen LogP contribution in [-0.4, -0.2) is 15.8 Å². The second-order valence-electron chi connectivity index (χ2n) is 3.71. The number of aromatic nitrogens is 2. The lowest BCUT2D eigenvalue weighted by molar-refractivity contribution is 0.0993. The average Bonchev–Trinajstić information content (AvgIpc) is 2.68. The molecule has 2 heterocycles. The summed E-state index contributed by atoms with van der Waals surface area (Å²) in [6.45, 7) is 3.80. The van der Waals surface area contributed by atoms with Gasteiger partial charge in [0.1, 0.15) is 0 Å². The molecule has 0 N–H and O–H groups in total. The number of carbonyl (C=O) groups is 1. The first-order valence-corrected chi connectivity index (χ1v) is 5.89. The van der Waals surface area contributed by atoms with Gasteiger partial charge < -0.3 is 0 Å². The van der Waals surface area contributed by atoms with Crippen molar-refractivity contribution in [2.24, 2.45) is 0 Å². The zero-order valence-corrected chi connectivity index (χ0v) is 10.0. The molecule has 3 nitrogen and oxygen atoms in total. The Hall–Kier alpha value is -1.55. The number of Topliss-reactive ketones (excluding diaryl/α,β-unsaturated/α-hetero) is 1. The lowest BCUT2D eigenvalue weighted by Crippen LogP contribution is -2.04. The molecule has 0 aliphatic carbocycles. The van der Waals surface area contributed by atoms with Gasteiger partial charge in [0.05, 0.1) is 5.51 Å². The lowest BCUT2D eigenvalue weighted by Gasteiger charge is -2.02. The van der Waals surface area contributed by atoms with Gasteiger partial charge in [-0.15, -0.1) is 11.3 Å². The van der Waals surface area contributed by atoms with Crippen LogP contribution < -0.4 is 0 Å². The molecule has 0 saturated heterocycles. The highest BCUT2D eigenvalue weighted by Gasteiger charge is 2.09. The highest BCUT2D eigenvalue weighted by molar-refractivity contribution is 7.09. The second kappa shape index (κ2) is 4.53. The van der Waals surface area contributed by atoms with Crippen LogP contribution in [0.4, 0.5) is 0 Å². The maximum Gasteiger partial charge on any atom is 0.168 e. The van der Waals surface area contributed by atoms with Crippen LogP contribution in [0.5, 0.6) is 0 Å². The third-order valence-corrected chi connectivity index (χ3v) is 3.00. The SMILES string of the molecule is Cc1cc(C(=O)Cc2cncs2)cc(C)n1. The average molecular weight is 232 g/mol. The summed E-state index contributed by atoms with van der Waals surface area (Å²) in [6, 6.07) is 3.66. The van der Waals surface area contributed by atoms with Gasteiger partial charge >= 0.3 is 0 Å². The largest absolute Gasteiger partial charge is 0.294 e. The molecule has 0 aliphatic rings. The third kappa shape index (κ3) is 2.52. The van der Waals surface area contributed by atoms with Crippen molar-refractivity contribution in [2.75, 3.05) is 0 Å². The summed E-state index contributed by atoms with van der Waals surface area (Å²) in [5.74, 6) is 0.123. The molecule has 0 amide bonds. The predicted octanol–water partition coefficient (Wildman–Crippen LogP) is 2.58. The fourth-order valence-electron chi connectivity index (χ4n) is 1.59. The van der Waals surface area contributed by atoms with Crippen LogP contribution in [0.3, 0.4) is 0 Å². The quantitative estimate of drug-likeness (QED) is 0.764. The molecule has 2 aromatic heterocycles. The first-order chi connectivity index (χ1) is 7.65. The van der Waals surface area contributed by atoms with E-state index in [9.17, 15) is 4.79 Å². The molecule has 0 aliphatic heterocycles. The van der Waals surface area contributed by atoms with Gasteiger partial charge in [0.15, 0.2) is 5.78 Å². The maximum absolute atomic E-state index is 12.0. The molecule has 2 aromatic rings. The second-order valence-corrected chi connectivity index (χ2v) is 4.68. The van der Waals surface area contributed by atoms with Crippen molar-refractivity contribution < 1.29 is 4.79 Å². The van der Waals surface area contributed by atoms with Gasteiger partial charge in [-0.25, -0.2) is 0 Å². The molecule has 16 heavy (non-hydrogen) atoms. The summed E-state index contributed by atoms with van der Waals surface area (Å²) in [4.78, 5) is 21.2. The van der Waals surface area contributed by atoms with E-state index in [1.54, 1.807) is 11.7 Å². The Bertz CT molecular complexity index is 485. The number of carbonyl (C=O) groups excluding carboxylic acids is 1. The molecule has 0 radical (unpaired) electrons. The predicted molar refractivity (Wildman–Crippen MR) is 63.9 cm³/mol. The Morgan fingerprint density at radius 3 is 2.56 bits per heavy atom. The van der Waals surface area contributed by atoms with Crippen LogP contribution in [0.2, 0.25) is 0 Å². The van der Waals surface area contributed by atoms with Gasteiger partial charge in [0.2, 0.25) is 0 Å². The molecule has 82 valence electrons. The monoisotopic (exact) mass is 232 g/mol. The minimum absolute atomic E-state index is 0.123. The zero-order valence-electron chi connectivity index (χ0n) is 9.23. The van der Waals surface area contributed by atoms with Crippen LogP contribution >= 0.6 is 11.3 Å². The third-order valence-electron chi connectivity index (χ3n) is 2.22. The zero-order chi connectivity index (χ0) is 11.5. The molecule has 0 unspecified atom stereocenters. The van der Waals surface area contributed by atoms with Crippen molar-refractivity contribution in [2.45, 2.75) is 20.3 Å². The number of ketones is 1. The molecule has 0 saturated carbocycles. The summed E-state index contributed by atoms with van der Waals surface area (Å²) >= 11 is 1.51. The van der Waals surface area contributed by atoms with E-state index in [4.69, 9.17) is 0 Å². The van der Waals surface area contributed by atoms with E-state index in [1.165, 1.54) is 11.3 Å². The van der Waals surface area contributed by atoms with Crippen molar-refractivity contribution in [3.05, 3.63) is 45.7 Å². The van der Waals surface area contributed by atoms with Gasteiger partial charge in [0.25, 0.3) is 0 Å². The van der Waals surface area contributed by atoms with E-state index in [-0.39, 0.29) is 5.78 Å². The van der Waals surface area contributed by atoms with E-state index in [2.05, 4.69) is 9.97 Å². The summed E-state index contributed by atoms with van der Waals surface area (Å²) in [5, 5.41) is 0. The van der Waals surface area contributed by atoms with Crippen LogP contribution in [-0.2, 0) is 6.42 Å². The number of pyridine rings is 1. The lowest BCUT2D eigenvalue weighted by atomic mass is 10.1. The molecular formula is C12H12N2OS. The number of thiazole rings is 1. The van der Waals surface area contributed by atoms with Gasteiger partial charge in [-0.1, -0.05) is 0 Å². The molecule has 2 rings (SSSR count). The van der Waals surface area contributed by atoms with Crippen molar-refractivity contribution in [3.8, 4) is 0 Å². The Kier molecular flexibility index (Phi) is 3.10. The van der Waals surface area contributed by atoms with Gasteiger partial charge in [0, 0.05) is 34.4 Å². The minimum Gasteiger partial charge on any atom is -0.294 e. The van der Waals surface area contributed by atoms with Gasteiger partial charge in [-0.2, -0.15) is 0 Å². The van der Waals surface area contributed by atoms with Gasteiger partial charge in [-0.05, 0) is 26.0 Å². The van der Waals surface area contributed by atoms with Crippen LogP contribution in [0.25, 0.3) is 0 Å². The number of hydrogen-bond acceptors (Lipinski definition) is 4. The van der Waals surface area contributed by atoms with Crippen molar-refractivity contribution in [1.82, 2.24) is 9.97 Å². The van der Waals surface area contributed by atoms with Crippen molar-refractivity contribution in [3.63, 3.8) is 0 Å². The van der Waals surface area contributed by atoms with E-state index in [0.29, 0.717) is 6.42 Å². The molecule has 4 heteroatoms. The Balaban J connectivity index is 2.21. The summed E-state index contributed by atoms with van der Waals surface area (Å²) < 4.78 is 0. The Morgan fingerprint density at radius 1 is 1.31 bits per heavy atom. The highest BCUT2D eigenvalue weighted by atomic mass is 32.1. The fraction of sp³-hybridized carbons (Fsp3) is 0.250. The standard InChI is InChI=1S/C12H12N2OS/c1-8-3-10(4-9(2)14-8)12(15)5-11-6-13-7-16-11/h3-4,6-7H,5H2,1-2H3. The molecule has 0 fully saturated rings. The summed E-state index contributed by atoms with van der Waals surface area (Å²) in [7, 11) is 0. The molecule has 0 atom stereocenters. The Morgan fingerprint density at radius 2 is 2.00 bits per heavy atom. The van der Waals surface area contributed by atoms with E-state index < -0.39 is 0 Å². The van der Waals surface area contributed by atoms with Gasteiger partial charge in [-0.3, -0.25) is 14.8 Å². The van der Waals surface area contributed by atoms with Crippen molar-refractivity contribution >= 4 is 17.1 Å². The van der Waals surface area contributed by atoms with E-state index in [0.717, 1.165) is 21.8 Å². The smallest absolute Gasteiger partial charge is 0.168 e. The normalized spacial score (nSPS) is 10.4. The highest BCUT2D eigenvalue weighted by Crippen LogP contribution is 2.12. The number of rotatable bonds is 3. The van der Waals surface area contributed by atoms with Crippen LogP contribution in [0.1, 0.15) is 26.6 Å². The van der Waals surface area contributed by atoms with Crippen molar-refractivity contribution in [1.29, 1.82) is 0 Å². The maximum atomic E-state index is 12.0. The number of aryl methyl sites for hydroxylation is 2. The number of hydrogen-bond donors (Lipinski definition) is 0. The molecule has 0 bridgehead atoms. The summed E-state index contributed by atoms with van der Waals surface area (Å²) in [6.07, 6.45) is 2.16. The molecule has 0 aromatic carbocycles. The fourth-order valence-corrected chi connectivity index (χ4v) is 2.18. The van der Waals surface area contributed by atoms with E-state index in [1.807, 2.05) is 26.0 Å². The molecular weight excluding hydrogens is 220 g/mol. The number of nitrogens with zero attached hydrogens (tertiary/aromatic N) is 2. The van der Waals surface area contributed by atoms with E-state index >= 15 is 0 Å².